The van der Waals surface area contributed by atoms with Gasteiger partial charge in [0.2, 0.25) is 0 Å². The van der Waals surface area contributed by atoms with E-state index in [9.17, 15) is 4.79 Å². The highest BCUT2D eigenvalue weighted by Gasteiger charge is 2.59. The van der Waals surface area contributed by atoms with Crippen LogP contribution in [0.1, 0.15) is 42.3 Å². The van der Waals surface area contributed by atoms with E-state index in [1.807, 2.05) is 20.2 Å². The van der Waals surface area contributed by atoms with E-state index >= 15 is 0 Å². The molecule has 2 saturated carbocycles. The molecule has 4 rings (SSSR count). The highest BCUT2D eigenvalue weighted by Crippen LogP contribution is 2.57. The topological polar surface area (TPSA) is 69.0 Å². The molecule has 128 valence electrons. The summed E-state index contributed by atoms with van der Waals surface area (Å²) in [4.78, 5) is 17.6. The van der Waals surface area contributed by atoms with E-state index in [2.05, 4.69) is 15.4 Å². The Morgan fingerprint density at radius 1 is 1.50 bits per heavy atom. The van der Waals surface area contributed by atoms with Gasteiger partial charge in [-0.3, -0.25) is 9.48 Å². The van der Waals surface area contributed by atoms with E-state index < -0.39 is 0 Å². The summed E-state index contributed by atoms with van der Waals surface area (Å²) in [7, 11) is 1.87. The molecule has 0 bridgehead atoms. The highest BCUT2D eigenvalue weighted by atomic mass is 32.1. The van der Waals surface area contributed by atoms with Crippen molar-refractivity contribution in [2.75, 3.05) is 6.61 Å². The minimum atomic E-state index is -0.0196. The SMILES string of the molecule is CCO[C@@H]1C[C@@H](NC(=O)c2cnc(-c3cnn(C)c3)s2)C12CCC2. The molecule has 2 aromatic rings. The fraction of sp³-hybridized carbons (Fsp3) is 0.588. The molecular weight excluding hydrogens is 324 g/mol. The molecule has 24 heavy (non-hydrogen) atoms. The minimum absolute atomic E-state index is 0.0196. The predicted octanol–water partition coefficient (Wildman–Crippen LogP) is 2.62. The molecule has 2 fully saturated rings. The molecule has 0 unspecified atom stereocenters. The number of thiazole rings is 1. The van der Waals surface area contributed by atoms with Crippen LogP contribution in [0, 0.1) is 5.41 Å². The van der Waals surface area contributed by atoms with Crippen molar-refractivity contribution in [1.82, 2.24) is 20.1 Å². The van der Waals surface area contributed by atoms with Crippen molar-refractivity contribution in [3.8, 4) is 10.6 Å². The third kappa shape index (κ3) is 2.46. The summed E-state index contributed by atoms with van der Waals surface area (Å²) in [5.41, 5.74) is 1.12. The van der Waals surface area contributed by atoms with E-state index in [-0.39, 0.29) is 17.4 Å². The maximum Gasteiger partial charge on any atom is 0.263 e. The smallest absolute Gasteiger partial charge is 0.263 e. The summed E-state index contributed by atoms with van der Waals surface area (Å²) in [5, 5.41) is 8.19. The first-order valence-electron chi connectivity index (χ1n) is 8.49. The molecule has 7 heteroatoms. The van der Waals surface area contributed by atoms with Crippen molar-refractivity contribution in [3.05, 3.63) is 23.5 Å². The zero-order valence-electron chi connectivity index (χ0n) is 14.0. The molecule has 1 amide bonds. The van der Waals surface area contributed by atoms with Gasteiger partial charge in [0.15, 0.2) is 0 Å². The number of ether oxygens (including phenoxy) is 1. The Morgan fingerprint density at radius 3 is 2.96 bits per heavy atom. The van der Waals surface area contributed by atoms with Gasteiger partial charge in [0.25, 0.3) is 5.91 Å². The Labute approximate surface area is 145 Å². The first-order chi connectivity index (χ1) is 11.6. The van der Waals surface area contributed by atoms with E-state index in [4.69, 9.17) is 4.74 Å². The lowest BCUT2D eigenvalue weighted by Crippen LogP contribution is -2.67. The van der Waals surface area contributed by atoms with Crippen LogP contribution >= 0.6 is 11.3 Å². The first-order valence-corrected chi connectivity index (χ1v) is 9.31. The quantitative estimate of drug-likeness (QED) is 0.903. The Kier molecular flexibility index (Phi) is 3.92. The molecule has 0 saturated heterocycles. The maximum atomic E-state index is 12.6. The van der Waals surface area contributed by atoms with Gasteiger partial charge in [-0.15, -0.1) is 11.3 Å². The van der Waals surface area contributed by atoms with E-state index in [0.29, 0.717) is 11.0 Å². The van der Waals surface area contributed by atoms with Crippen LogP contribution in [0.5, 0.6) is 0 Å². The van der Waals surface area contributed by atoms with Crippen LogP contribution in [0.2, 0.25) is 0 Å². The van der Waals surface area contributed by atoms with Gasteiger partial charge in [-0.25, -0.2) is 4.98 Å². The Morgan fingerprint density at radius 2 is 2.33 bits per heavy atom. The summed E-state index contributed by atoms with van der Waals surface area (Å²) in [6, 6.07) is 0.235. The number of amides is 1. The minimum Gasteiger partial charge on any atom is -0.378 e. The Balaban J connectivity index is 1.43. The van der Waals surface area contributed by atoms with Gasteiger partial charge in [-0.1, -0.05) is 6.42 Å². The highest BCUT2D eigenvalue weighted by molar-refractivity contribution is 7.16. The molecule has 6 nitrogen and oxygen atoms in total. The average molecular weight is 346 g/mol. The lowest BCUT2D eigenvalue weighted by atomic mass is 9.51. The second kappa shape index (κ2) is 5.97. The lowest BCUT2D eigenvalue weighted by Gasteiger charge is -2.60. The third-order valence-corrected chi connectivity index (χ3v) is 6.47. The standard InChI is InChI=1S/C17H22N4O2S/c1-3-23-14-7-13(17(14)5-4-6-17)20-15(22)12-9-18-16(24-12)11-8-19-21(2)10-11/h8-10,13-14H,3-7H2,1-2H3,(H,20,22)/t13-,14-/m1/s1. The second-order valence-electron chi connectivity index (χ2n) is 6.72. The summed E-state index contributed by atoms with van der Waals surface area (Å²) in [6.07, 6.45) is 10.1. The fourth-order valence-corrected chi connectivity index (χ4v) is 4.71. The molecule has 2 aromatic heterocycles. The number of nitrogens with zero attached hydrogens (tertiary/aromatic N) is 3. The van der Waals surface area contributed by atoms with Crippen molar-refractivity contribution in [3.63, 3.8) is 0 Å². The number of hydrogen-bond donors (Lipinski definition) is 1. The van der Waals surface area contributed by atoms with Gasteiger partial charge in [0, 0.05) is 36.9 Å². The van der Waals surface area contributed by atoms with Crippen LogP contribution in [0.4, 0.5) is 0 Å². The van der Waals surface area contributed by atoms with Gasteiger partial charge in [-0.05, 0) is 26.2 Å². The van der Waals surface area contributed by atoms with Crippen LogP contribution < -0.4 is 5.32 Å². The van der Waals surface area contributed by atoms with E-state index in [1.165, 1.54) is 17.8 Å². The van der Waals surface area contributed by atoms with Crippen molar-refractivity contribution < 1.29 is 9.53 Å². The Bertz CT molecular complexity index is 749. The zero-order valence-corrected chi connectivity index (χ0v) is 14.8. The van der Waals surface area contributed by atoms with Crippen molar-refractivity contribution in [1.29, 1.82) is 0 Å². The molecular formula is C17H22N4O2S. The molecule has 1 N–H and O–H groups in total. The van der Waals surface area contributed by atoms with Crippen molar-refractivity contribution in [2.45, 2.75) is 44.8 Å². The molecule has 0 aromatic carbocycles. The number of nitrogens with one attached hydrogen (secondary N) is 1. The summed E-state index contributed by atoms with van der Waals surface area (Å²) >= 11 is 1.41. The van der Waals surface area contributed by atoms with Gasteiger partial charge < -0.3 is 10.1 Å². The number of hydrogen-bond acceptors (Lipinski definition) is 5. The molecule has 2 aliphatic rings. The predicted molar refractivity (Wildman–Crippen MR) is 91.9 cm³/mol. The van der Waals surface area contributed by atoms with E-state index in [1.54, 1.807) is 17.1 Å². The largest absolute Gasteiger partial charge is 0.378 e. The van der Waals surface area contributed by atoms with Crippen LogP contribution in [0.25, 0.3) is 10.6 Å². The summed E-state index contributed by atoms with van der Waals surface area (Å²) in [5.74, 6) is -0.0196. The molecule has 0 aliphatic heterocycles. The first kappa shape index (κ1) is 15.8. The molecule has 0 radical (unpaired) electrons. The second-order valence-corrected chi connectivity index (χ2v) is 7.76. The number of carbonyl (C=O) groups is 1. The number of aryl methyl sites for hydroxylation is 1. The summed E-state index contributed by atoms with van der Waals surface area (Å²) in [6.45, 7) is 2.78. The van der Waals surface area contributed by atoms with Crippen LogP contribution in [0.3, 0.4) is 0 Å². The van der Waals surface area contributed by atoms with Crippen LogP contribution in [-0.2, 0) is 11.8 Å². The fourth-order valence-electron chi connectivity index (χ4n) is 3.91. The van der Waals surface area contributed by atoms with E-state index in [0.717, 1.165) is 36.4 Å². The normalized spacial score (nSPS) is 24.4. The van der Waals surface area contributed by atoms with Crippen LogP contribution in [-0.4, -0.2) is 39.4 Å². The molecule has 2 atom stereocenters. The Hall–Kier alpha value is -1.73. The van der Waals surface area contributed by atoms with Crippen molar-refractivity contribution >= 4 is 17.2 Å². The molecule has 2 heterocycles. The lowest BCUT2D eigenvalue weighted by molar-refractivity contribution is -0.169. The van der Waals surface area contributed by atoms with Crippen molar-refractivity contribution in [2.24, 2.45) is 12.5 Å². The number of rotatable bonds is 5. The van der Waals surface area contributed by atoms with Crippen LogP contribution in [0.15, 0.2) is 18.6 Å². The molecule has 1 spiro atoms. The average Bonchev–Trinajstić information content (AvgIpc) is 3.12. The number of aromatic nitrogens is 3. The monoisotopic (exact) mass is 346 g/mol. The maximum absolute atomic E-state index is 12.6. The summed E-state index contributed by atoms with van der Waals surface area (Å²) < 4.78 is 7.58. The van der Waals surface area contributed by atoms with Gasteiger partial charge in [-0.2, -0.15) is 5.10 Å². The number of carbonyl (C=O) groups excluding carboxylic acids is 1. The zero-order chi connectivity index (χ0) is 16.7. The van der Waals surface area contributed by atoms with Gasteiger partial charge in [0.05, 0.1) is 18.5 Å². The van der Waals surface area contributed by atoms with Gasteiger partial charge >= 0.3 is 0 Å². The van der Waals surface area contributed by atoms with Gasteiger partial charge in [0.1, 0.15) is 9.88 Å². The third-order valence-electron chi connectivity index (χ3n) is 5.42. The molecule has 2 aliphatic carbocycles.